The summed E-state index contributed by atoms with van der Waals surface area (Å²) in [6.07, 6.45) is 1.64. The fourth-order valence-electron chi connectivity index (χ4n) is 2.06. The maximum absolute atomic E-state index is 11.6. The van der Waals surface area contributed by atoms with Crippen molar-refractivity contribution in [3.8, 4) is 0 Å². The summed E-state index contributed by atoms with van der Waals surface area (Å²) < 4.78 is 0. The van der Waals surface area contributed by atoms with Crippen molar-refractivity contribution in [2.75, 3.05) is 6.54 Å². The maximum atomic E-state index is 11.6. The summed E-state index contributed by atoms with van der Waals surface area (Å²) >= 11 is 0. The standard InChI is InChI=1S/C10H17NO3/c1-7(2)6-10(9(13)14)4-3-5-11-8(10)12/h7H,3-6H2,1-2H3,(H,11,12)(H,13,14). The lowest BCUT2D eigenvalue weighted by Gasteiger charge is -2.33. The van der Waals surface area contributed by atoms with E-state index < -0.39 is 11.4 Å². The van der Waals surface area contributed by atoms with E-state index in [4.69, 9.17) is 5.11 Å². The highest BCUT2D eigenvalue weighted by Crippen LogP contribution is 2.34. The van der Waals surface area contributed by atoms with E-state index in [9.17, 15) is 9.59 Å². The molecule has 2 N–H and O–H groups in total. The van der Waals surface area contributed by atoms with Crippen LogP contribution in [0.4, 0.5) is 0 Å². The van der Waals surface area contributed by atoms with E-state index in [2.05, 4.69) is 5.32 Å². The Kier molecular flexibility index (Phi) is 3.13. The Morgan fingerprint density at radius 1 is 1.64 bits per heavy atom. The normalized spacial score (nSPS) is 27.5. The topological polar surface area (TPSA) is 66.4 Å². The van der Waals surface area contributed by atoms with Crippen LogP contribution >= 0.6 is 0 Å². The van der Waals surface area contributed by atoms with Crippen LogP contribution < -0.4 is 5.32 Å². The highest BCUT2D eigenvalue weighted by molar-refractivity contribution is 6.02. The molecular formula is C10H17NO3. The lowest BCUT2D eigenvalue weighted by molar-refractivity contribution is -0.159. The maximum Gasteiger partial charge on any atom is 0.319 e. The van der Waals surface area contributed by atoms with Crippen LogP contribution in [-0.4, -0.2) is 23.5 Å². The van der Waals surface area contributed by atoms with Crippen LogP contribution in [0.3, 0.4) is 0 Å². The molecule has 0 radical (unpaired) electrons. The molecule has 0 spiro atoms. The van der Waals surface area contributed by atoms with Gasteiger partial charge in [-0.05, 0) is 25.2 Å². The quantitative estimate of drug-likeness (QED) is 0.667. The first kappa shape index (κ1) is 11.0. The van der Waals surface area contributed by atoms with Crippen LogP contribution in [0, 0.1) is 11.3 Å². The van der Waals surface area contributed by atoms with Gasteiger partial charge in [-0.15, -0.1) is 0 Å². The number of nitrogens with one attached hydrogen (secondary N) is 1. The Hall–Kier alpha value is -1.06. The molecule has 0 aromatic rings. The number of piperidine rings is 1. The van der Waals surface area contributed by atoms with E-state index in [0.29, 0.717) is 19.4 Å². The van der Waals surface area contributed by atoms with Gasteiger partial charge >= 0.3 is 5.97 Å². The number of amides is 1. The number of carboxylic acid groups (broad SMARTS) is 1. The minimum Gasteiger partial charge on any atom is -0.480 e. The minimum atomic E-state index is -1.17. The van der Waals surface area contributed by atoms with Gasteiger partial charge in [0.25, 0.3) is 0 Å². The number of hydrogen-bond donors (Lipinski definition) is 2. The zero-order valence-corrected chi connectivity index (χ0v) is 8.67. The Balaban J connectivity index is 2.89. The second kappa shape index (κ2) is 3.98. The highest BCUT2D eigenvalue weighted by atomic mass is 16.4. The summed E-state index contributed by atoms with van der Waals surface area (Å²) in [7, 11) is 0. The number of aliphatic carboxylic acids is 1. The van der Waals surface area contributed by atoms with Crippen molar-refractivity contribution in [2.45, 2.75) is 33.1 Å². The molecule has 1 aliphatic heterocycles. The van der Waals surface area contributed by atoms with Crippen molar-refractivity contribution in [1.29, 1.82) is 0 Å². The van der Waals surface area contributed by atoms with E-state index in [0.717, 1.165) is 6.42 Å². The molecule has 14 heavy (non-hydrogen) atoms. The van der Waals surface area contributed by atoms with Gasteiger partial charge in [-0.1, -0.05) is 13.8 Å². The van der Waals surface area contributed by atoms with Gasteiger partial charge in [-0.3, -0.25) is 9.59 Å². The highest BCUT2D eigenvalue weighted by Gasteiger charge is 2.47. The van der Waals surface area contributed by atoms with Gasteiger partial charge in [0.15, 0.2) is 0 Å². The monoisotopic (exact) mass is 199 g/mol. The van der Waals surface area contributed by atoms with E-state index in [1.807, 2.05) is 13.8 Å². The Morgan fingerprint density at radius 2 is 2.29 bits per heavy atom. The largest absolute Gasteiger partial charge is 0.480 e. The van der Waals surface area contributed by atoms with Gasteiger partial charge in [0.05, 0.1) is 0 Å². The van der Waals surface area contributed by atoms with Gasteiger partial charge < -0.3 is 10.4 Å². The van der Waals surface area contributed by atoms with Crippen molar-refractivity contribution in [3.63, 3.8) is 0 Å². The zero-order chi connectivity index (χ0) is 10.8. The molecule has 0 bridgehead atoms. The lowest BCUT2D eigenvalue weighted by atomic mass is 9.74. The fraction of sp³-hybridized carbons (Fsp3) is 0.800. The van der Waals surface area contributed by atoms with Gasteiger partial charge in [0, 0.05) is 6.54 Å². The second-order valence-electron chi connectivity index (χ2n) is 4.34. The average molecular weight is 199 g/mol. The molecule has 4 heteroatoms. The molecule has 0 aromatic carbocycles. The predicted molar refractivity (Wildman–Crippen MR) is 51.8 cm³/mol. The van der Waals surface area contributed by atoms with E-state index in [1.54, 1.807) is 0 Å². The first-order valence-corrected chi connectivity index (χ1v) is 5.01. The molecule has 1 amide bonds. The molecule has 1 aliphatic rings. The molecular weight excluding hydrogens is 182 g/mol. The molecule has 1 fully saturated rings. The smallest absolute Gasteiger partial charge is 0.319 e. The average Bonchev–Trinajstić information content (AvgIpc) is 2.08. The van der Waals surface area contributed by atoms with Gasteiger partial charge in [0.1, 0.15) is 5.41 Å². The predicted octanol–water partition coefficient (Wildman–Crippen LogP) is 1.01. The summed E-state index contributed by atoms with van der Waals surface area (Å²) in [6.45, 7) is 4.48. The number of rotatable bonds is 3. The molecule has 1 rings (SSSR count). The van der Waals surface area contributed by atoms with Crippen LogP contribution in [0.15, 0.2) is 0 Å². The molecule has 0 saturated carbocycles. The van der Waals surface area contributed by atoms with Crippen LogP contribution in [0.25, 0.3) is 0 Å². The van der Waals surface area contributed by atoms with Crippen molar-refractivity contribution in [3.05, 3.63) is 0 Å². The molecule has 1 saturated heterocycles. The third kappa shape index (κ3) is 1.89. The Bertz CT molecular complexity index is 250. The first-order valence-electron chi connectivity index (χ1n) is 5.01. The first-order chi connectivity index (χ1) is 6.49. The third-order valence-corrected chi connectivity index (χ3v) is 2.67. The van der Waals surface area contributed by atoms with E-state index in [-0.39, 0.29) is 11.8 Å². The summed E-state index contributed by atoms with van der Waals surface area (Å²) in [4.78, 5) is 22.8. The zero-order valence-electron chi connectivity index (χ0n) is 8.67. The number of carbonyl (C=O) groups is 2. The molecule has 1 atom stereocenters. The molecule has 0 aromatic heterocycles. The van der Waals surface area contributed by atoms with E-state index in [1.165, 1.54) is 0 Å². The Labute approximate surface area is 83.7 Å². The molecule has 1 heterocycles. The van der Waals surface area contributed by atoms with Gasteiger partial charge in [-0.2, -0.15) is 0 Å². The van der Waals surface area contributed by atoms with Crippen LogP contribution in [0.2, 0.25) is 0 Å². The third-order valence-electron chi connectivity index (χ3n) is 2.67. The van der Waals surface area contributed by atoms with Gasteiger partial charge in [0.2, 0.25) is 5.91 Å². The van der Waals surface area contributed by atoms with Crippen molar-refractivity contribution >= 4 is 11.9 Å². The van der Waals surface area contributed by atoms with Crippen molar-refractivity contribution < 1.29 is 14.7 Å². The Morgan fingerprint density at radius 3 is 2.71 bits per heavy atom. The summed E-state index contributed by atoms with van der Waals surface area (Å²) in [5.41, 5.74) is -1.17. The second-order valence-corrected chi connectivity index (χ2v) is 4.34. The van der Waals surface area contributed by atoms with Gasteiger partial charge in [-0.25, -0.2) is 0 Å². The number of carbonyl (C=O) groups excluding carboxylic acids is 1. The minimum absolute atomic E-state index is 0.218. The lowest BCUT2D eigenvalue weighted by Crippen LogP contribution is -2.51. The molecule has 80 valence electrons. The van der Waals surface area contributed by atoms with Crippen molar-refractivity contribution in [1.82, 2.24) is 5.32 Å². The SMILES string of the molecule is CC(C)CC1(C(=O)O)CCCNC1=O. The fourth-order valence-corrected chi connectivity index (χ4v) is 2.06. The summed E-state index contributed by atoms with van der Waals surface area (Å²) in [6, 6.07) is 0. The summed E-state index contributed by atoms with van der Waals surface area (Å²) in [5, 5.41) is 11.8. The van der Waals surface area contributed by atoms with Crippen LogP contribution in [0.1, 0.15) is 33.1 Å². The van der Waals surface area contributed by atoms with Crippen LogP contribution in [0.5, 0.6) is 0 Å². The molecule has 4 nitrogen and oxygen atoms in total. The number of carboxylic acids is 1. The van der Waals surface area contributed by atoms with E-state index >= 15 is 0 Å². The van der Waals surface area contributed by atoms with Crippen molar-refractivity contribution in [2.24, 2.45) is 11.3 Å². The number of hydrogen-bond acceptors (Lipinski definition) is 2. The van der Waals surface area contributed by atoms with Crippen LogP contribution in [-0.2, 0) is 9.59 Å². The summed E-state index contributed by atoms with van der Waals surface area (Å²) in [5.74, 6) is -1.08. The molecule has 0 aliphatic carbocycles. The molecule has 1 unspecified atom stereocenters.